The second-order valence-corrected chi connectivity index (χ2v) is 6.05. The van der Waals surface area contributed by atoms with Crippen LogP contribution in [0.4, 0.5) is 10.5 Å². The highest BCUT2D eigenvalue weighted by Gasteiger charge is 2.38. The monoisotopic (exact) mass is 305 g/mol. The van der Waals surface area contributed by atoms with Crippen LogP contribution in [0.1, 0.15) is 38.5 Å². The van der Waals surface area contributed by atoms with Crippen LogP contribution in [0, 0.1) is 22.0 Å². The summed E-state index contributed by atoms with van der Waals surface area (Å²) in [6, 6.07) is 5.41. The number of fused-ring (bicyclic) bond motifs is 1. The smallest absolute Gasteiger partial charge is 0.430 e. The summed E-state index contributed by atoms with van der Waals surface area (Å²) in [5, 5.41) is 10.6. The van der Waals surface area contributed by atoms with Crippen LogP contribution in [-0.2, 0) is 4.74 Å². The summed E-state index contributed by atoms with van der Waals surface area (Å²) in [5.41, 5.74) is -0.0400. The van der Waals surface area contributed by atoms with Gasteiger partial charge in [-0.05, 0) is 49.7 Å². The molecule has 0 aliphatic heterocycles. The molecule has 0 bridgehead atoms. The molecule has 3 atom stereocenters. The van der Waals surface area contributed by atoms with E-state index in [2.05, 4.69) is 0 Å². The highest BCUT2D eigenvalue weighted by atomic mass is 16.7. The fourth-order valence-electron chi connectivity index (χ4n) is 3.73. The van der Waals surface area contributed by atoms with Gasteiger partial charge < -0.3 is 9.47 Å². The Morgan fingerprint density at radius 2 is 1.77 bits per heavy atom. The van der Waals surface area contributed by atoms with Crippen LogP contribution in [0.25, 0.3) is 0 Å². The second kappa shape index (κ2) is 6.34. The first-order valence-electron chi connectivity index (χ1n) is 7.76. The normalized spacial score (nSPS) is 27.0. The number of rotatable bonds is 3. The van der Waals surface area contributed by atoms with Crippen LogP contribution in [0.15, 0.2) is 24.3 Å². The summed E-state index contributed by atoms with van der Waals surface area (Å²) in [6.07, 6.45) is 6.04. The minimum Gasteiger partial charge on any atom is -0.430 e. The molecule has 0 radical (unpaired) electrons. The van der Waals surface area contributed by atoms with Crippen molar-refractivity contribution >= 4 is 11.8 Å². The minimum absolute atomic E-state index is 0.0400. The molecule has 0 amide bonds. The molecule has 6 nitrogen and oxygen atoms in total. The molecule has 2 fully saturated rings. The molecule has 22 heavy (non-hydrogen) atoms. The number of hydrogen-bond acceptors (Lipinski definition) is 5. The van der Waals surface area contributed by atoms with E-state index < -0.39 is 11.1 Å². The van der Waals surface area contributed by atoms with Crippen LogP contribution >= 0.6 is 0 Å². The lowest BCUT2D eigenvalue weighted by Gasteiger charge is -2.32. The highest BCUT2D eigenvalue weighted by Crippen LogP contribution is 2.43. The van der Waals surface area contributed by atoms with Crippen LogP contribution in [0.5, 0.6) is 5.75 Å². The second-order valence-electron chi connectivity index (χ2n) is 6.05. The molecular weight excluding hydrogens is 286 g/mol. The number of non-ortho nitro benzene ring substituents is 1. The Labute approximate surface area is 128 Å². The Morgan fingerprint density at radius 1 is 1.09 bits per heavy atom. The van der Waals surface area contributed by atoms with Gasteiger partial charge >= 0.3 is 6.16 Å². The van der Waals surface area contributed by atoms with Gasteiger partial charge in [-0.25, -0.2) is 4.79 Å². The molecule has 0 N–H and O–H groups in total. The summed E-state index contributed by atoms with van der Waals surface area (Å²) in [5.74, 6) is 1.42. The number of nitro groups is 1. The average Bonchev–Trinajstić information content (AvgIpc) is 2.97. The maximum atomic E-state index is 11.9. The van der Waals surface area contributed by atoms with E-state index in [0.717, 1.165) is 19.3 Å². The Morgan fingerprint density at radius 3 is 2.45 bits per heavy atom. The number of nitrogens with zero attached hydrogens (tertiary/aromatic N) is 1. The molecule has 1 aromatic carbocycles. The quantitative estimate of drug-likeness (QED) is 0.364. The summed E-state index contributed by atoms with van der Waals surface area (Å²) >= 11 is 0. The van der Waals surface area contributed by atoms with Gasteiger partial charge in [-0.15, -0.1) is 0 Å². The number of ether oxygens (including phenoxy) is 2. The van der Waals surface area contributed by atoms with Crippen LogP contribution in [0.3, 0.4) is 0 Å². The molecule has 0 saturated heterocycles. The molecule has 3 unspecified atom stereocenters. The first-order valence-corrected chi connectivity index (χ1v) is 7.76. The molecule has 3 rings (SSSR count). The van der Waals surface area contributed by atoms with E-state index >= 15 is 0 Å². The van der Waals surface area contributed by atoms with Gasteiger partial charge in [0.05, 0.1) is 4.92 Å². The van der Waals surface area contributed by atoms with E-state index in [4.69, 9.17) is 9.47 Å². The molecule has 2 aliphatic carbocycles. The number of benzene rings is 1. The summed E-state index contributed by atoms with van der Waals surface area (Å²) in [7, 11) is 0. The number of carbonyl (C=O) groups is 1. The molecule has 0 aromatic heterocycles. The first kappa shape index (κ1) is 14.8. The number of hydrogen-bond donors (Lipinski definition) is 0. The van der Waals surface area contributed by atoms with Gasteiger partial charge in [-0.1, -0.05) is 12.8 Å². The van der Waals surface area contributed by atoms with Gasteiger partial charge in [0.25, 0.3) is 5.69 Å². The van der Waals surface area contributed by atoms with Crippen LogP contribution < -0.4 is 4.74 Å². The third kappa shape index (κ3) is 3.21. The lowest BCUT2D eigenvalue weighted by atomic mass is 9.79. The van der Waals surface area contributed by atoms with Crippen molar-refractivity contribution in [1.82, 2.24) is 0 Å². The summed E-state index contributed by atoms with van der Waals surface area (Å²) in [4.78, 5) is 22.0. The van der Waals surface area contributed by atoms with E-state index in [9.17, 15) is 14.9 Å². The van der Waals surface area contributed by atoms with E-state index in [1.807, 2.05) is 0 Å². The van der Waals surface area contributed by atoms with Gasteiger partial charge in [-0.3, -0.25) is 10.1 Å². The Hall–Kier alpha value is -2.11. The maximum Gasteiger partial charge on any atom is 0.514 e. The molecule has 118 valence electrons. The van der Waals surface area contributed by atoms with Gasteiger partial charge in [0.15, 0.2) is 0 Å². The summed E-state index contributed by atoms with van der Waals surface area (Å²) < 4.78 is 10.6. The van der Waals surface area contributed by atoms with Crippen molar-refractivity contribution in [2.24, 2.45) is 11.8 Å². The zero-order valence-corrected chi connectivity index (χ0v) is 12.3. The standard InChI is InChI=1S/C16H19NO5/c18-16(21-13-9-7-12(8-10-13)17(19)20)22-15-6-2-4-11-3-1-5-14(11)15/h7-11,14-15H,1-6H2. The van der Waals surface area contributed by atoms with Crippen molar-refractivity contribution in [3.63, 3.8) is 0 Å². The number of carbonyl (C=O) groups excluding carboxylic acids is 1. The molecule has 2 aliphatic rings. The fraction of sp³-hybridized carbons (Fsp3) is 0.562. The zero-order valence-electron chi connectivity index (χ0n) is 12.3. The maximum absolute atomic E-state index is 11.9. The lowest BCUT2D eigenvalue weighted by molar-refractivity contribution is -0.384. The average molecular weight is 305 g/mol. The topological polar surface area (TPSA) is 78.7 Å². The van der Waals surface area contributed by atoms with Gasteiger partial charge in [0.2, 0.25) is 0 Å². The van der Waals surface area contributed by atoms with Gasteiger partial charge in [-0.2, -0.15) is 0 Å². The van der Waals surface area contributed by atoms with Crippen LogP contribution in [0.2, 0.25) is 0 Å². The van der Waals surface area contributed by atoms with E-state index in [-0.39, 0.29) is 17.5 Å². The van der Waals surface area contributed by atoms with Crippen molar-refractivity contribution in [2.75, 3.05) is 0 Å². The van der Waals surface area contributed by atoms with Crippen molar-refractivity contribution in [3.8, 4) is 5.75 Å². The third-order valence-electron chi connectivity index (χ3n) is 4.76. The molecule has 0 spiro atoms. The van der Waals surface area contributed by atoms with E-state index in [1.54, 1.807) is 0 Å². The predicted octanol–water partition coefficient (Wildman–Crippen LogP) is 4.08. The Balaban J connectivity index is 1.56. The Bertz CT molecular complexity index is 556. The SMILES string of the molecule is O=C(Oc1ccc([N+](=O)[O-])cc1)OC1CCCC2CCCC21. The molecule has 0 heterocycles. The van der Waals surface area contributed by atoms with Crippen molar-refractivity contribution in [1.29, 1.82) is 0 Å². The molecule has 2 saturated carbocycles. The number of nitro benzene ring substituents is 1. The highest BCUT2D eigenvalue weighted by molar-refractivity contribution is 5.64. The predicted molar refractivity (Wildman–Crippen MR) is 78.7 cm³/mol. The molecule has 1 aromatic rings. The lowest BCUT2D eigenvalue weighted by Crippen LogP contribution is -2.33. The van der Waals surface area contributed by atoms with E-state index in [1.165, 1.54) is 43.5 Å². The summed E-state index contributed by atoms with van der Waals surface area (Å²) in [6.45, 7) is 0. The fourth-order valence-corrected chi connectivity index (χ4v) is 3.73. The van der Waals surface area contributed by atoms with Crippen molar-refractivity contribution in [2.45, 2.75) is 44.6 Å². The third-order valence-corrected chi connectivity index (χ3v) is 4.76. The van der Waals surface area contributed by atoms with Gasteiger partial charge in [0, 0.05) is 12.1 Å². The molecular formula is C16H19NO5. The molecule has 6 heteroatoms. The van der Waals surface area contributed by atoms with Gasteiger partial charge in [0.1, 0.15) is 11.9 Å². The largest absolute Gasteiger partial charge is 0.514 e. The van der Waals surface area contributed by atoms with Crippen LogP contribution in [-0.4, -0.2) is 17.2 Å². The van der Waals surface area contributed by atoms with E-state index in [0.29, 0.717) is 11.8 Å². The Kier molecular flexibility index (Phi) is 4.27. The van der Waals surface area contributed by atoms with Crippen molar-refractivity contribution < 1.29 is 19.2 Å². The minimum atomic E-state index is -0.716. The van der Waals surface area contributed by atoms with Crippen molar-refractivity contribution in [3.05, 3.63) is 34.4 Å². The first-order chi connectivity index (χ1) is 10.6. The zero-order chi connectivity index (χ0) is 15.5.